The summed E-state index contributed by atoms with van der Waals surface area (Å²) >= 11 is 1.40. The van der Waals surface area contributed by atoms with Gasteiger partial charge in [-0.05, 0) is 19.4 Å². The Hall–Kier alpha value is -2.68. The Morgan fingerprint density at radius 1 is 1.35 bits per heavy atom. The maximum absolute atomic E-state index is 11.7. The first-order valence-corrected chi connectivity index (χ1v) is 7.76. The summed E-state index contributed by atoms with van der Waals surface area (Å²) in [7, 11) is 0. The number of non-ortho nitro benzene ring substituents is 1. The third-order valence-electron chi connectivity index (χ3n) is 3.57. The van der Waals surface area contributed by atoms with E-state index in [9.17, 15) is 14.9 Å². The first kappa shape index (κ1) is 15.2. The molecular formula is C14H13N5O3S. The van der Waals surface area contributed by atoms with Crippen molar-refractivity contribution in [3.05, 3.63) is 61.6 Å². The second-order valence-corrected chi connectivity index (χ2v) is 5.96. The molecule has 0 aliphatic carbocycles. The average molecular weight is 331 g/mol. The lowest BCUT2D eigenvalue weighted by Gasteiger charge is -2.05. The van der Waals surface area contributed by atoms with Crippen LogP contribution in [-0.4, -0.2) is 24.5 Å². The summed E-state index contributed by atoms with van der Waals surface area (Å²) in [6.07, 6.45) is 0. The molecule has 0 atom stereocenters. The number of aryl methyl sites for hydroxylation is 1. The van der Waals surface area contributed by atoms with Crippen molar-refractivity contribution in [1.29, 1.82) is 0 Å². The predicted octanol–water partition coefficient (Wildman–Crippen LogP) is 2.23. The Morgan fingerprint density at radius 3 is 2.87 bits per heavy atom. The summed E-state index contributed by atoms with van der Waals surface area (Å²) in [5.74, 6) is 0.903. The molecule has 0 aliphatic heterocycles. The fourth-order valence-electron chi connectivity index (χ4n) is 2.18. The van der Waals surface area contributed by atoms with Crippen LogP contribution < -0.4 is 5.56 Å². The summed E-state index contributed by atoms with van der Waals surface area (Å²) in [6, 6.07) is 6.47. The highest BCUT2D eigenvalue weighted by atomic mass is 32.2. The standard InChI is InChI=1S/C14H13N5O3S/c1-8-9(2)18-13(15-12(8)20)16-17-14(18)23-7-10-4-3-5-11(6-10)19(21)22/h3-6H,7H2,1-2H3,(H,15,16,20). The van der Waals surface area contributed by atoms with E-state index in [0.29, 0.717) is 22.3 Å². The van der Waals surface area contributed by atoms with Crippen molar-refractivity contribution in [3.63, 3.8) is 0 Å². The van der Waals surface area contributed by atoms with Crippen LogP contribution in [0.4, 0.5) is 5.69 Å². The van der Waals surface area contributed by atoms with Crippen molar-refractivity contribution in [2.45, 2.75) is 24.8 Å². The number of hydrogen-bond acceptors (Lipinski definition) is 6. The second-order valence-electron chi connectivity index (χ2n) is 5.02. The molecule has 0 radical (unpaired) electrons. The summed E-state index contributed by atoms with van der Waals surface area (Å²) in [5.41, 5.74) is 2.08. The van der Waals surface area contributed by atoms with Gasteiger partial charge in [0.2, 0.25) is 5.78 Å². The molecule has 0 saturated heterocycles. The first-order chi connectivity index (χ1) is 11.0. The van der Waals surface area contributed by atoms with Gasteiger partial charge in [0.05, 0.1) is 4.92 Å². The number of aromatic amines is 1. The molecule has 0 bridgehead atoms. The number of nitrogens with one attached hydrogen (secondary N) is 1. The van der Waals surface area contributed by atoms with Crippen molar-refractivity contribution in [3.8, 4) is 0 Å². The highest BCUT2D eigenvalue weighted by molar-refractivity contribution is 7.98. The summed E-state index contributed by atoms with van der Waals surface area (Å²) in [4.78, 5) is 24.8. The van der Waals surface area contributed by atoms with E-state index < -0.39 is 4.92 Å². The maximum atomic E-state index is 11.7. The van der Waals surface area contributed by atoms with Crippen LogP contribution >= 0.6 is 11.8 Å². The summed E-state index contributed by atoms with van der Waals surface area (Å²) < 4.78 is 1.78. The van der Waals surface area contributed by atoms with Gasteiger partial charge >= 0.3 is 0 Å². The van der Waals surface area contributed by atoms with Crippen LogP contribution in [0.5, 0.6) is 0 Å². The molecule has 0 aliphatic rings. The molecular weight excluding hydrogens is 318 g/mol. The molecule has 2 heterocycles. The van der Waals surface area contributed by atoms with E-state index in [1.54, 1.807) is 17.4 Å². The zero-order chi connectivity index (χ0) is 16.6. The minimum atomic E-state index is -0.418. The van der Waals surface area contributed by atoms with Crippen LogP contribution in [0, 0.1) is 24.0 Å². The largest absolute Gasteiger partial charge is 0.290 e. The van der Waals surface area contributed by atoms with E-state index in [-0.39, 0.29) is 11.2 Å². The van der Waals surface area contributed by atoms with Gasteiger partial charge in [-0.2, -0.15) is 0 Å². The monoisotopic (exact) mass is 331 g/mol. The Morgan fingerprint density at radius 2 is 2.13 bits per heavy atom. The topological polar surface area (TPSA) is 106 Å². The number of thioether (sulfide) groups is 1. The maximum Gasteiger partial charge on any atom is 0.269 e. The molecule has 9 heteroatoms. The number of nitrogens with zero attached hydrogens (tertiary/aromatic N) is 4. The number of benzene rings is 1. The highest BCUT2D eigenvalue weighted by Gasteiger charge is 2.13. The van der Waals surface area contributed by atoms with Crippen molar-refractivity contribution >= 4 is 23.2 Å². The molecule has 1 N–H and O–H groups in total. The molecule has 2 aromatic heterocycles. The molecule has 1 aromatic carbocycles. The molecule has 23 heavy (non-hydrogen) atoms. The molecule has 0 amide bonds. The van der Waals surface area contributed by atoms with Crippen LogP contribution in [0.2, 0.25) is 0 Å². The lowest BCUT2D eigenvalue weighted by atomic mass is 10.2. The van der Waals surface area contributed by atoms with Gasteiger partial charge in [0.25, 0.3) is 11.2 Å². The lowest BCUT2D eigenvalue weighted by Crippen LogP contribution is -2.15. The molecule has 118 valence electrons. The second kappa shape index (κ2) is 5.84. The number of nitro groups is 1. The van der Waals surface area contributed by atoms with Gasteiger partial charge in [0.15, 0.2) is 5.16 Å². The molecule has 0 unspecified atom stereocenters. The molecule has 8 nitrogen and oxygen atoms in total. The van der Waals surface area contributed by atoms with Gasteiger partial charge in [-0.25, -0.2) is 0 Å². The van der Waals surface area contributed by atoms with Crippen molar-refractivity contribution in [2.24, 2.45) is 0 Å². The molecule has 0 saturated carbocycles. The zero-order valence-corrected chi connectivity index (χ0v) is 13.3. The number of hydrogen-bond donors (Lipinski definition) is 1. The van der Waals surface area contributed by atoms with Crippen LogP contribution in [0.25, 0.3) is 5.78 Å². The molecule has 0 spiro atoms. The zero-order valence-electron chi connectivity index (χ0n) is 12.4. The predicted molar refractivity (Wildman–Crippen MR) is 85.7 cm³/mol. The number of H-pyrrole nitrogens is 1. The van der Waals surface area contributed by atoms with E-state index in [4.69, 9.17) is 0 Å². The number of nitro benzene ring substituents is 1. The van der Waals surface area contributed by atoms with Crippen LogP contribution in [-0.2, 0) is 5.75 Å². The average Bonchev–Trinajstić information content (AvgIpc) is 2.94. The van der Waals surface area contributed by atoms with Gasteiger partial charge in [0, 0.05) is 29.1 Å². The summed E-state index contributed by atoms with van der Waals surface area (Å²) in [5, 5.41) is 19.5. The Balaban J connectivity index is 1.91. The first-order valence-electron chi connectivity index (χ1n) is 6.78. The highest BCUT2D eigenvalue weighted by Crippen LogP contribution is 2.24. The van der Waals surface area contributed by atoms with Crippen molar-refractivity contribution in [2.75, 3.05) is 0 Å². The summed E-state index contributed by atoms with van der Waals surface area (Å²) in [6.45, 7) is 3.57. The Bertz CT molecular complexity index is 963. The smallest absolute Gasteiger partial charge is 0.269 e. The Kier molecular flexibility index (Phi) is 3.87. The van der Waals surface area contributed by atoms with Gasteiger partial charge in [-0.15, -0.1) is 10.2 Å². The van der Waals surface area contributed by atoms with Gasteiger partial charge in [-0.3, -0.25) is 24.3 Å². The minimum Gasteiger partial charge on any atom is -0.290 e. The number of fused-ring (bicyclic) bond motifs is 1. The minimum absolute atomic E-state index is 0.0607. The van der Waals surface area contributed by atoms with E-state index in [2.05, 4.69) is 15.2 Å². The van der Waals surface area contributed by atoms with E-state index in [1.807, 2.05) is 13.0 Å². The quantitative estimate of drug-likeness (QED) is 0.446. The lowest BCUT2D eigenvalue weighted by molar-refractivity contribution is -0.384. The van der Waals surface area contributed by atoms with Gasteiger partial charge in [0.1, 0.15) is 0 Å². The third kappa shape index (κ3) is 2.82. The van der Waals surface area contributed by atoms with Gasteiger partial charge < -0.3 is 0 Å². The SMILES string of the molecule is Cc1c(C)n2c(SCc3cccc([N+](=O)[O-])c3)nnc2[nH]c1=O. The number of rotatable bonds is 4. The van der Waals surface area contributed by atoms with Crippen LogP contribution in [0.15, 0.2) is 34.2 Å². The van der Waals surface area contributed by atoms with Crippen molar-refractivity contribution in [1.82, 2.24) is 19.6 Å². The van der Waals surface area contributed by atoms with Crippen LogP contribution in [0.3, 0.4) is 0 Å². The molecule has 3 aromatic rings. The van der Waals surface area contributed by atoms with Crippen molar-refractivity contribution < 1.29 is 4.92 Å². The van der Waals surface area contributed by atoms with E-state index in [1.165, 1.54) is 23.9 Å². The number of aromatic nitrogens is 4. The normalized spacial score (nSPS) is 11.0. The van der Waals surface area contributed by atoms with E-state index in [0.717, 1.165) is 11.3 Å². The molecule has 0 fully saturated rings. The molecule has 3 rings (SSSR count). The fourth-order valence-corrected chi connectivity index (χ4v) is 3.11. The van der Waals surface area contributed by atoms with Crippen LogP contribution in [0.1, 0.15) is 16.8 Å². The van der Waals surface area contributed by atoms with E-state index >= 15 is 0 Å². The van der Waals surface area contributed by atoms with Gasteiger partial charge in [-0.1, -0.05) is 23.9 Å². The fraction of sp³-hybridized carbons (Fsp3) is 0.214. The third-order valence-corrected chi connectivity index (χ3v) is 4.57. The Labute approximate surface area is 134 Å².